The smallest absolute Gasteiger partial charge is 0.306 e. The second-order valence-electron chi connectivity index (χ2n) is 5.31. The molecular weight excluding hydrogens is 226 g/mol. The number of rotatable bonds is 6. The fourth-order valence-corrected chi connectivity index (χ4v) is 2.41. The molecule has 98 valence electrons. The van der Waals surface area contributed by atoms with Crippen molar-refractivity contribution in [1.82, 2.24) is 4.90 Å². The molecule has 0 saturated heterocycles. The minimum absolute atomic E-state index is 0.102. The number of benzene rings is 1. The lowest BCUT2D eigenvalue weighted by atomic mass is 10.1. The third kappa shape index (κ3) is 3.33. The van der Waals surface area contributed by atoms with Crippen LogP contribution in [0.25, 0.3) is 0 Å². The van der Waals surface area contributed by atoms with Gasteiger partial charge in [0.2, 0.25) is 0 Å². The minimum atomic E-state index is -0.638. The molecule has 1 N–H and O–H groups in total. The van der Waals surface area contributed by atoms with Crippen LogP contribution in [0.5, 0.6) is 0 Å². The van der Waals surface area contributed by atoms with E-state index in [0.29, 0.717) is 5.92 Å². The van der Waals surface area contributed by atoms with Crippen LogP contribution in [0.2, 0.25) is 0 Å². The second kappa shape index (κ2) is 5.53. The Morgan fingerprint density at radius 3 is 2.44 bits per heavy atom. The van der Waals surface area contributed by atoms with Gasteiger partial charge in [-0.3, -0.25) is 4.79 Å². The van der Waals surface area contributed by atoms with E-state index in [1.54, 1.807) is 0 Å². The summed E-state index contributed by atoms with van der Waals surface area (Å²) in [6, 6.07) is 8.66. The van der Waals surface area contributed by atoms with Crippen molar-refractivity contribution in [2.24, 2.45) is 11.8 Å². The van der Waals surface area contributed by atoms with E-state index in [0.717, 1.165) is 25.9 Å². The summed E-state index contributed by atoms with van der Waals surface area (Å²) in [6.45, 7) is 3.93. The molecule has 0 amide bonds. The molecule has 1 aromatic carbocycles. The Labute approximate surface area is 108 Å². The topological polar surface area (TPSA) is 40.5 Å². The Bertz CT molecular complexity index is 413. The number of aliphatic carboxylic acids is 1. The summed E-state index contributed by atoms with van der Waals surface area (Å²) < 4.78 is 0. The van der Waals surface area contributed by atoms with Crippen LogP contribution in [0.4, 0.5) is 0 Å². The van der Waals surface area contributed by atoms with E-state index in [1.807, 2.05) is 0 Å². The molecule has 0 bridgehead atoms. The molecule has 2 atom stereocenters. The van der Waals surface area contributed by atoms with E-state index in [4.69, 9.17) is 5.11 Å². The van der Waals surface area contributed by atoms with Crippen molar-refractivity contribution in [3.8, 4) is 0 Å². The zero-order chi connectivity index (χ0) is 13.1. The third-order valence-corrected chi connectivity index (χ3v) is 3.67. The van der Waals surface area contributed by atoms with E-state index in [1.165, 1.54) is 11.1 Å². The van der Waals surface area contributed by atoms with Crippen LogP contribution in [0.15, 0.2) is 24.3 Å². The summed E-state index contributed by atoms with van der Waals surface area (Å²) in [4.78, 5) is 13.0. The number of carboxylic acids is 1. The van der Waals surface area contributed by atoms with Crippen LogP contribution in [0, 0.1) is 11.8 Å². The molecule has 2 rings (SSSR count). The fourth-order valence-electron chi connectivity index (χ4n) is 2.41. The monoisotopic (exact) mass is 247 g/mol. The summed E-state index contributed by atoms with van der Waals surface area (Å²) in [5, 5.41) is 8.87. The quantitative estimate of drug-likeness (QED) is 0.839. The summed E-state index contributed by atoms with van der Waals surface area (Å²) in [5.41, 5.74) is 2.65. The number of carboxylic acid groups (broad SMARTS) is 1. The van der Waals surface area contributed by atoms with Crippen molar-refractivity contribution >= 4 is 5.97 Å². The minimum Gasteiger partial charge on any atom is -0.481 e. The van der Waals surface area contributed by atoms with E-state index in [-0.39, 0.29) is 5.92 Å². The molecule has 0 heterocycles. The lowest BCUT2D eigenvalue weighted by molar-refractivity contribution is -0.138. The molecule has 0 aliphatic heterocycles. The highest BCUT2D eigenvalue weighted by Crippen LogP contribution is 2.39. The SMILES string of the molecule is CCc1ccc(CN(C)CC2CC2C(=O)O)cc1. The van der Waals surface area contributed by atoms with Crippen molar-refractivity contribution in [3.05, 3.63) is 35.4 Å². The van der Waals surface area contributed by atoms with E-state index in [2.05, 4.69) is 43.1 Å². The average molecular weight is 247 g/mol. The molecule has 1 saturated carbocycles. The summed E-state index contributed by atoms with van der Waals surface area (Å²) in [7, 11) is 2.06. The van der Waals surface area contributed by atoms with Gasteiger partial charge in [0.15, 0.2) is 0 Å². The number of carbonyl (C=O) groups is 1. The highest BCUT2D eigenvalue weighted by Gasteiger charge is 2.43. The van der Waals surface area contributed by atoms with Gasteiger partial charge >= 0.3 is 5.97 Å². The molecule has 18 heavy (non-hydrogen) atoms. The Kier molecular flexibility index (Phi) is 4.02. The Hall–Kier alpha value is -1.35. The normalized spacial score (nSPS) is 22.2. The van der Waals surface area contributed by atoms with Crippen LogP contribution in [-0.4, -0.2) is 29.6 Å². The van der Waals surface area contributed by atoms with Gasteiger partial charge in [-0.05, 0) is 36.9 Å². The van der Waals surface area contributed by atoms with Gasteiger partial charge in [-0.2, -0.15) is 0 Å². The lowest BCUT2D eigenvalue weighted by Gasteiger charge is -2.16. The molecule has 1 aliphatic carbocycles. The highest BCUT2D eigenvalue weighted by atomic mass is 16.4. The van der Waals surface area contributed by atoms with Crippen LogP contribution in [0.1, 0.15) is 24.5 Å². The standard InChI is InChI=1S/C15H21NO2/c1-3-11-4-6-12(7-5-11)9-16(2)10-13-8-14(13)15(17)18/h4-7,13-14H,3,8-10H2,1-2H3,(H,17,18). The maximum absolute atomic E-state index is 10.8. The predicted octanol–water partition coefficient (Wildman–Crippen LogP) is 2.40. The van der Waals surface area contributed by atoms with Gasteiger partial charge in [-0.15, -0.1) is 0 Å². The first-order valence-corrected chi connectivity index (χ1v) is 6.59. The van der Waals surface area contributed by atoms with Crippen LogP contribution in [-0.2, 0) is 17.8 Å². The number of aryl methyl sites for hydroxylation is 1. The number of hydrogen-bond acceptors (Lipinski definition) is 2. The van der Waals surface area contributed by atoms with Crippen LogP contribution < -0.4 is 0 Å². The predicted molar refractivity (Wildman–Crippen MR) is 71.4 cm³/mol. The van der Waals surface area contributed by atoms with Crippen LogP contribution >= 0.6 is 0 Å². The lowest BCUT2D eigenvalue weighted by Crippen LogP contribution is -2.21. The fraction of sp³-hybridized carbons (Fsp3) is 0.533. The van der Waals surface area contributed by atoms with Gasteiger partial charge in [0.25, 0.3) is 0 Å². The second-order valence-corrected chi connectivity index (χ2v) is 5.31. The zero-order valence-electron chi connectivity index (χ0n) is 11.1. The van der Waals surface area contributed by atoms with Gasteiger partial charge in [0, 0.05) is 13.1 Å². The Morgan fingerprint density at radius 1 is 1.33 bits per heavy atom. The molecular formula is C15H21NO2. The summed E-state index contributed by atoms with van der Waals surface area (Å²) in [6.07, 6.45) is 1.91. The molecule has 3 nitrogen and oxygen atoms in total. The summed E-state index contributed by atoms with van der Waals surface area (Å²) in [5.74, 6) is -0.391. The zero-order valence-corrected chi connectivity index (χ0v) is 11.1. The highest BCUT2D eigenvalue weighted by molar-refractivity contribution is 5.73. The molecule has 0 radical (unpaired) electrons. The van der Waals surface area contributed by atoms with Crippen molar-refractivity contribution in [1.29, 1.82) is 0 Å². The van der Waals surface area contributed by atoms with Crippen molar-refractivity contribution in [3.63, 3.8) is 0 Å². The number of nitrogens with zero attached hydrogens (tertiary/aromatic N) is 1. The first-order valence-electron chi connectivity index (χ1n) is 6.59. The molecule has 2 unspecified atom stereocenters. The van der Waals surface area contributed by atoms with E-state index in [9.17, 15) is 4.79 Å². The van der Waals surface area contributed by atoms with E-state index < -0.39 is 5.97 Å². The molecule has 3 heteroatoms. The van der Waals surface area contributed by atoms with Gasteiger partial charge < -0.3 is 10.0 Å². The summed E-state index contributed by atoms with van der Waals surface area (Å²) >= 11 is 0. The average Bonchev–Trinajstić information content (AvgIpc) is 3.09. The van der Waals surface area contributed by atoms with E-state index >= 15 is 0 Å². The van der Waals surface area contributed by atoms with Crippen LogP contribution in [0.3, 0.4) is 0 Å². The van der Waals surface area contributed by atoms with Crippen molar-refractivity contribution in [2.45, 2.75) is 26.3 Å². The van der Waals surface area contributed by atoms with Gasteiger partial charge in [0.05, 0.1) is 5.92 Å². The van der Waals surface area contributed by atoms with Crippen molar-refractivity contribution < 1.29 is 9.90 Å². The van der Waals surface area contributed by atoms with Gasteiger partial charge in [0.1, 0.15) is 0 Å². The third-order valence-electron chi connectivity index (χ3n) is 3.67. The molecule has 0 spiro atoms. The Balaban J connectivity index is 1.80. The maximum Gasteiger partial charge on any atom is 0.306 e. The first kappa shape index (κ1) is 13.1. The Morgan fingerprint density at radius 2 is 1.94 bits per heavy atom. The molecule has 1 fully saturated rings. The molecule has 0 aromatic heterocycles. The molecule has 1 aromatic rings. The van der Waals surface area contributed by atoms with Gasteiger partial charge in [-0.25, -0.2) is 0 Å². The van der Waals surface area contributed by atoms with Gasteiger partial charge in [-0.1, -0.05) is 31.2 Å². The first-order chi connectivity index (χ1) is 8.60. The largest absolute Gasteiger partial charge is 0.481 e. The molecule has 1 aliphatic rings. The van der Waals surface area contributed by atoms with Crippen molar-refractivity contribution in [2.75, 3.05) is 13.6 Å². The maximum atomic E-state index is 10.8. The number of hydrogen-bond donors (Lipinski definition) is 1.